The summed E-state index contributed by atoms with van der Waals surface area (Å²) in [6.07, 6.45) is 0. The Morgan fingerprint density at radius 3 is 1.42 bits per heavy atom. The van der Waals surface area contributed by atoms with Crippen molar-refractivity contribution in [2.24, 2.45) is 0 Å². The van der Waals surface area contributed by atoms with Crippen molar-refractivity contribution >= 4 is 34.1 Å². The third-order valence-corrected chi connectivity index (χ3v) is 6.51. The van der Waals surface area contributed by atoms with E-state index in [0.29, 0.717) is 0 Å². The topological polar surface area (TPSA) is 20.2 Å². The minimum Gasteiger partial charge on any atom is -0.505 e. The summed E-state index contributed by atoms with van der Waals surface area (Å²) >= 11 is 12.3. The molecule has 1 N–H and O–H groups in total. The zero-order valence-corrected chi connectivity index (χ0v) is 15.7. The number of hydrogen-bond acceptors (Lipinski definition) is 1. The van der Waals surface area contributed by atoms with Crippen LogP contribution in [-0.2, 0) is 10.9 Å². The third kappa shape index (κ3) is 3.56. The van der Waals surface area contributed by atoms with Gasteiger partial charge in [-0.2, -0.15) is 0 Å². The highest BCUT2D eigenvalue weighted by atomic mass is 35.5. The first-order valence-electron chi connectivity index (χ1n) is 7.51. The quantitative estimate of drug-likeness (QED) is 0.524. The Hall–Kier alpha value is -1.61. The van der Waals surface area contributed by atoms with Crippen molar-refractivity contribution in [1.82, 2.24) is 0 Å². The van der Waals surface area contributed by atoms with Gasteiger partial charge in [-0.25, -0.2) is 0 Å². The third-order valence-electron chi connectivity index (χ3n) is 3.74. The molecule has 0 aliphatic carbocycles. The summed E-state index contributed by atoms with van der Waals surface area (Å²) in [5, 5.41) is 10.4. The largest absolute Gasteiger partial charge is 0.505 e. The van der Waals surface area contributed by atoms with E-state index in [-0.39, 0.29) is 26.7 Å². The van der Waals surface area contributed by atoms with E-state index in [9.17, 15) is 5.11 Å². The van der Waals surface area contributed by atoms with Gasteiger partial charge >= 0.3 is 0 Å². The molecule has 1 nitrogen and oxygen atoms in total. The molecular formula is C20H17Cl2OS+. The lowest BCUT2D eigenvalue weighted by molar-refractivity contribution is 0.475. The lowest BCUT2D eigenvalue weighted by atomic mass is 10.2. The normalized spacial score (nSPS) is 11.0. The first-order valence-corrected chi connectivity index (χ1v) is 9.49. The highest BCUT2D eigenvalue weighted by Crippen LogP contribution is 2.39. The summed E-state index contributed by atoms with van der Waals surface area (Å²) in [5.41, 5.74) is 2.43. The number of phenolic OH excluding ortho intramolecular Hbond substituents is 1. The van der Waals surface area contributed by atoms with E-state index < -0.39 is 0 Å². The molecule has 0 saturated heterocycles. The summed E-state index contributed by atoms with van der Waals surface area (Å²) in [6, 6.07) is 20.5. The first kappa shape index (κ1) is 17.2. The zero-order chi connectivity index (χ0) is 17.3. The smallest absolute Gasteiger partial charge is 0.169 e. The van der Waals surface area contributed by atoms with Crippen LogP contribution in [0.5, 0.6) is 5.75 Å². The molecule has 0 spiro atoms. The highest BCUT2D eigenvalue weighted by Gasteiger charge is 2.30. The Bertz CT molecular complexity index is 789. The van der Waals surface area contributed by atoms with Crippen molar-refractivity contribution in [3.8, 4) is 5.75 Å². The summed E-state index contributed by atoms with van der Waals surface area (Å²) < 4.78 is 0. The fraction of sp³-hybridized carbons (Fsp3) is 0.100. The number of benzene rings is 3. The molecule has 0 aromatic heterocycles. The molecule has 0 aliphatic heterocycles. The van der Waals surface area contributed by atoms with Crippen molar-refractivity contribution in [2.45, 2.75) is 28.5 Å². The molecule has 3 aromatic carbocycles. The Kier molecular flexibility index (Phi) is 5.09. The van der Waals surface area contributed by atoms with Gasteiger partial charge in [0.05, 0.1) is 20.9 Å². The molecule has 0 fully saturated rings. The predicted molar refractivity (Wildman–Crippen MR) is 103 cm³/mol. The Morgan fingerprint density at radius 1 is 0.667 bits per heavy atom. The predicted octanol–water partition coefficient (Wildman–Crippen LogP) is 6.41. The summed E-state index contributed by atoms with van der Waals surface area (Å²) in [5.74, 6) is -0.0709. The van der Waals surface area contributed by atoms with Crippen LogP contribution in [0.3, 0.4) is 0 Å². The maximum atomic E-state index is 9.87. The molecule has 0 radical (unpaired) electrons. The SMILES string of the molecule is Cc1ccc([S+](c2ccc(C)cc2)c2cc(Cl)c(O)c(Cl)c2)cc1. The molecule has 0 saturated carbocycles. The van der Waals surface area contributed by atoms with Crippen LogP contribution in [0, 0.1) is 13.8 Å². The molecule has 0 aliphatic rings. The van der Waals surface area contributed by atoms with E-state index in [2.05, 4.69) is 62.4 Å². The second kappa shape index (κ2) is 7.10. The molecule has 24 heavy (non-hydrogen) atoms. The van der Waals surface area contributed by atoms with E-state index in [1.54, 1.807) is 12.1 Å². The molecule has 3 rings (SSSR count). The van der Waals surface area contributed by atoms with Gasteiger partial charge < -0.3 is 5.11 Å². The number of aromatic hydroxyl groups is 1. The fourth-order valence-electron chi connectivity index (χ4n) is 2.42. The van der Waals surface area contributed by atoms with Crippen molar-refractivity contribution in [1.29, 1.82) is 0 Å². The lowest BCUT2D eigenvalue weighted by Gasteiger charge is -2.10. The van der Waals surface area contributed by atoms with Gasteiger partial charge in [-0.05, 0) is 38.1 Å². The Morgan fingerprint density at radius 2 is 1.04 bits per heavy atom. The molecule has 0 unspecified atom stereocenters. The van der Waals surface area contributed by atoms with E-state index in [1.165, 1.54) is 20.9 Å². The van der Waals surface area contributed by atoms with Crippen molar-refractivity contribution < 1.29 is 5.11 Å². The Labute approximate surface area is 155 Å². The van der Waals surface area contributed by atoms with Crippen LogP contribution in [0.1, 0.15) is 11.1 Å². The lowest BCUT2D eigenvalue weighted by Crippen LogP contribution is -2.05. The Balaban J connectivity index is 2.18. The van der Waals surface area contributed by atoms with Gasteiger partial charge in [0.2, 0.25) is 0 Å². The molecule has 0 heterocycles. The zero-order valence-electron chi connectivity index (χ0n) is 13.4. The summed E-state index contributed by atoms with van der Waals surface area (Å²) in [7, 11) is -0.340. The number of hydrogen-bond donors (Lipinski definition) is 1. The maximum Gasteiger partial charge on any atom is 0.169 e. The van der Waals surface area contributed by atoms with Gasteiger partial charge in [-0.3, -0.25) is 0 Å². The van der Waals surface area contributed by atoms with Gasteiger partial charge in [0, 0.05) is 12.1 Å². The summed E-state index contributed by atoms with van der Waals surface area (Å²) in [4.78, 5) is 3.35. The molecular weight excluding hydrogens is 359 g/mol. The molecule has 0 atom stereocenters. The highest BCUT2D eigenvalue weighted by molar-refractivity contribution is 7.97. The minimum atomic E-state index is -0.340. The van der Waals surface area contributed by atoms with E-state index in [0.717, 1.165) is 4.90 Å². The molecule has 0 amide bonds. The van der Waals surface area contributed by atoms with Crippen LogP contribution in [0.4, 0.5) is 0 Å². The van der Waals surface area contributed by atoms with Crippen LogP contribution in [0.2, 0.25) is 10.0 Å². The second-order valence-corrected chi connectivity index (χ2v) is 8.51. The van der Waals surface area contributed by atoms with Crippen molar-refractivity contribution in [2.75, 3.05) is 0 Å². The van der Waals surface area contributed by atoms with Crippen molar-refractivity contribution in [3.05, 3.63) is 81.8 Å². The number of aryl methyl sites for hydroxylation is 2. The van der Waals surface area contributed by atoms with Crippen molar-refractivity contribution in [3.63, 3.8) is 0 Å². The standard InChI is InChI=1S/C20H16Cl2OS/c1-13-3-7-15(8-4-13)24(16-9-5-14(2)6-10-16)17-11-18(21)20(23)19(22)12-17/h3-12H,1-2H3/p+1. The van der Waals surface area contributed by atoms with E-state index in [1.807, 2.05) is 0 Å². The van der Waals surface area contributed by atoms with Gasteiger partial charge in [-0.15, -0.1) is 0 Å². The van der Waals surface area contributed by atoms with Gasteiger partial charge in [-0.1, -0.05) is 58.6 Å². The first-order chi connectivity index (χ1) is 11.5. The maximum absolute atomic E-state index is 9.87. The average molecular weight is 376 g/mol. The van der Waals surface area contributed by atoms with Gasteiger partial charge in [0.25, 0.3) is 0 Å². The summed E-state index contributed by atoms with van der Waals surface area (Å²) in [6.45, 7) is 4.14. The van der Waals surface area contributed by atoms with Gasteiger partial charge in [0.1, 0.15) is 0 Å². The van der Waals surface area contributed by atoms with Crippen LogP contribution in [0.25, 0.3) is 0 Å². The average Bonchev–Trinajstić information content (AvgIpc) is 2.56. The van der Waals surface area contributed by atoms with Gasteiger partial charge in [0.15, 0.2) is 20.4 Å². The van der Waals surface area contributed by atoms with Crippen LogP contribution < -0.4 is 0 Å². The minimum absolute atomic E-state index is 0.0709. The molecule has 4 heteroatoms. The van der Waals surface area contributed by atoms with E-state index >= 15 is 0 Å². The number of halogens is 2. The van der Waals surface area contributed by atoms with Crippen LogP contribution in [-0.4, -0.2) is 5.11 Å². The molecule has 3 aromatic rings. The fourth-order valence-corrected chi connectivity index (χ4v) is 5.14. The molecule has 122 valence electrons. The molecule has 0 bridgehead atoms. The monoisotopic (exact) mass is 375 g/mol. The number of rotatable bonds is 3. The second-order valence-electron chi connectivity index (χ2n) is 5.67. The van der Waals surface area contributed by atoms with Crippen LogP contribution >= 0.6 is 23.2 Å². The number of phenols is 1. The van der Waals surface area contributed by atoms with E-state index in [4.69, 9.17) is 23.2 Å². The van der Waals surface area contributed by atoms with Crippen LogP contribution in [0.15, 0.2) is 75.4 Å².